The van der Waals surface area contributed by atoms with E-state index in [1.165, 1.54) is 11.3 Å². The number of nitrogens with zero attached hydrogens (tertiary/aromatic N) is 1. The zero-order valence-corrected chi connectivity index (χ0v) is 16.1. The van der Waals surface area contributed by atoms with Crippen molar-refractivity contribution in [3.05, 3.63) is 89.4 Å². The van der Waals surface area contributed by atoms with Gasteiger partial charge in [0.05, 0.1) is 11.4 Å². The van der Waals surface area contributed by atoms with Crippen LogP contribution in [0, 0.1) is 0 Å². The molecule has 4 aromatic rings. The van der Waals surface area contributed by atoms with Crippen LogP contribution in [0.15, 0.2) is 78.3 Å². The van der Waals surface area contributed by atoms with E-state index >= 15 is 0 Å². The molecule has 7 heteroatoms. The van der Waals surface area contributed by atoms with Gasteiger partial charge in [-0.2, -0.15) is 0 Å². The lowest BCUT2D eigenvalue weighted by Gasteiger charge is -2.07. The lowest BCUT2D eigenvalue weighted by molar-refractivity contribution is -0.118. The van der Waals surface area contributed by atoms with E-state index in [2.05, 4.69) is 15.3 Å². The maximum atomic E-state index is 12.4. The first-order chi connectivity index (χ1) is 14.2. The molecule has 0 radical (unpaired) electrons. The van der Waals surface area contributed by atoms with E-state index in [-0.39, 0.29) is 18.3 Å². The van der Waals surface area contributed by atoms with Crippen LogP contribution in [0.2, 0.25) is 0 Å². The number of aromatic amines is 1. The van der Waals surface area contributed by atoms with Crippen molar-refractivity contribution in [2.75, 3.05) is 11.9 Å². The Morgan fingerprint density at radius 2 is 1.72 bits per heavy atom. The molecule has 2 aromatic heterocycles. The molecule has 0 saturated heterocycles. The van der Waals surface area contributed by atoms with Gasteiger partial charge in [0.2, 0.25) is 0 Å². The van der Waals surface area contributed by atoms with E-state index < -0.39 is 0 Å². The van der Waals surface area contributed by atoms with Crippen molar-refractivity contribution in [2.45, 2.75) is 0 Å². The highest BCUT2D eigenvalue weighted by molar-refractivity contribution is 7.14. The first-order valence-electron chi connectivity index (χ1n) is 8.91. The first kappa shape index (κ1) is 18.6. The fraction of sp³-hybridized carbons (Fsp3) is 0.0455. The summed E-state index contributed by atoms with van der Waals surface area (Å²) in [5.74, 6) is 0.148. The van der Waals surface area contributed by atoms with Crippen LogP contribution in [0.5, 0.6) is 5.75 Å². The SMILES string of the molecule is O=C(COc1ccc(C(=O)c2ccccc2)cc1)Nc1nc(-c2ccc[nH]2)cs1. The molecule has 4 rings (SSSR count). The Morgan fingerprint density at radius 3 is 2.45 bits per heavy atom. The number of thiazole rings is 1. The minimum atomic E-state index is -0.304. The van der Waals surface area contributed by atoms with Gasteiger partial charge in [0.1, 0.15) is 5.75 Å². The number of carbonyl (C=O) groups is 2. The van der Waals surface area contributed by atoms with Crippen molar-refractivity contribution in [2.24, 2.45) is 0 Å². The molecule has 6 nitrogen and oxygen atoms in total. The Morgan fingerprint density at radius 1 is 0.966 bits per heavy atom. The van der Waals surface area contributed by atoms with Crippen LogP contribution in [0.3, 0.4) is 0 Å². The Bertz CT molecular complexity index is 1100. The van der Waals surface area contributed by atoms with Crippen LogP contribution in [-0.2, 0) is 4.79 Å². The number of amides is 1. The van der Waals surface area contributed by atoms with Crippen LogP contribution in [-0.4, -0.2) is 28.3 Å². The predicted octanol–water partition coefficient (Wildman–Crippen LogP) is 4.39. The Hall–Kier alpha value is -3.71. The largest absolute Gasteiger partial charge is 0.484 e. The molecule has 0 aliphatic heterocycles. The molecule has 0 aliphatic carbocycles. The maximum Gasteiger partial charge on any atom is 0.264 e. The monoisotopic (exact) mass is 403 g/mol. The molecule has 144 valence electrons. The second-order valence-electron chi connectivity index (χ2n) is 6.18. The van der Waals surface area contributed by atoms with E-state index in [1.807, 2.05) is 41.9 Å². The van der Waals surface area contributed by atoms with Crippen molar-refractivity contribution < 1.29 is 14.3 Å². The molecule has 2 heterocycles. The van der Waals surface area contributed by atoms with Gasteiger partial charge < -0.3 is 9.72 Å². The number of ether oxygens (including phenoxy) is 1. The fourth-order valence-electron chi connectivity index (χ4n) is 2.71. The number of carbonyl (C=O) groups excluding carboxylic acids is 2. The number of anilines is 1. The van der Waals surface area contributed by atoms with Crippen LogP contribution in [0.1, 0.15) is 15.9 Å². The van der Waals surface area contributed by atoms with Gasteiger partial charge in [0.15, 0.2) is 17.5 Å². The highest BCUT2D eigenvalue weighted by Crippen LogP contribution is 2.23. The van der Waals surface area contributed by atoms with Gasteiger partial charge in [-0.05, 0) is 36.4 Å². The minimum Gasteiger partial charge on any atom is -0.484 e. The number of aromatic nitrogens is 2. The molecule has 0 spiro atoms. The number of rotatable bonds is 7. The smallest absolute Gasteiger partial charge is 0.264 e. The van der Waals surface area contributed by atoms with Crippen molar-refractivity contribution in [3.8, 4) is 17.1 Å². The second kappa shape index (κ2) is 8.53. The number of hydrogen-bond acceptors (Lipinski definition) is 5. The summed E-state index contributed by atoms with van der Waals surface area (Å²) >= 11 is 1.34. The minimum absolute atomic E-state index is 0.0588. The quantitative estimate of drug-likeness (QED) is 0.448. The second-order valence-corrected chi connectivity index (χ2v) is 7.04. The topological polar surface area (TPSA) is 84.1 Å². The van der Waals surface area contributed by atoms with E-state index in [1.54, 1.807) is 36.4 Å². The van der Waals surface area contributed by atoms with Gasteiger partial charge >= 0.3 is 0 Å². The third-order valence-electron chi connectivity index (χ3n) is 4.15. The molecular weight excluding hydrogens is 386 g/mol. The molecule has 29 heavy (non-hydrogen) atoms. The van der Waals surface area contributed by atoms with Gasteiger partial charge in [-0.25, -0.2) is 4.98 Å². The Kier molecular flexibility index (Phi) is 5.49. The van der Waals surface area contributed by atoms with Crippen LogP contribution >= 0.6 is 11.3 Å². The van der Waals surface area contributed by atoms with E-state index in [4.69, 9.17) is 4.74 Å². The molecule has 0 unspecified atom stereocenters. The van der Waals surface area contributed by atoms with Gasteiger partial charge in [0.25, 0.3) is 5.91 Å². The normalized spacial score (nSPS) is 10.5. The molecule has 0 bridgehead atoms. The number of hydrogen-bond donors (Lipinski definition) is 2. The molecule has 0 atom stereocenters. The summed E-state index contributed by atoms with van der Waals surface area (Å²) in [5, 5.41) is 5.09. The standard InChI is InChI=1S/C22H17N3O3S/c26-20(25-22-24-19(14-29-22)18-7-4-12-23-18)13-28-17-10-8-16(9-11-17)21(27)15-5-2-1-3-6-15/h1-12,14,23H,13H2,(H,24,25,26). The molecule has 0 fully saturated rings. The van der Waals surface area contributed by atoms with Crippen LogP contribution in [0.25, 0.3) is 11.4 Å². The number of benzene rings is 2. The molecule has 1 amide bonds. The highest BCUT2D eigenvalue weighted by atomic mass is 32.1. The third kappa shape index (κ3) is 4.59. The van der Waals surface area contributed by atoms with Crippen LogP contribution < -0.4 is 10.1 Å². The highest BCUT2D eigenvalue weighted by Gasteiger charge is 2.11. The summed E-state index contributed by atoms with van der Waals surface area (Å²) in [7, 11) is 0. The van der Waals surface area contributed by atoms with E-state index in [9.17, 15) is 9.59 Å². The molecule has 0 aliphatic rings. The number of nitrogens with one attached hydrogen (secondary N) is 2. The zero-order valence-electron chi connectivity index (χ0n) is 15.3. The van der Waals surface area contributed by atoms with Gasteiger partial charge in [-0.1, -0.05) is 30.3 Å². The summed E-state index contributed by atoms with van der Waals surface area (Å²) in [6.45, 7) is -0.149. The number of ketones is 1. The molecular formula is C22H17N3O3S. The Labute approximate surface area is 171 Å². The summed E-state index contributed by atoms with van der Waals surface area (Å²) in [4.78, 5) is 32.0. The van der Waals surface area contributed by atoms with E-state index in [0.29, 0.717) is 22.0 Å². The average Bonchev–Trinajstić information content (AvgIpc) is 3.45. The first-order valence-corrected chi connectivity index (χ1v) is 9.79. The summed E-state index contributed by atoms with van der Waals surface area (Å²) in [6.07, 6.45) is 1.82. The summed E-state index contributed by atoms with van der Waals surface area (Å²) < 4.78 is 5.51. The van der Waals surface area contributed by atoms with Crippen molar-refractivity contribution >= 4 is 28.2 Å². The predicted molar refractivity (Wildman–Crippen MR) is 112 cm³/mol. The van der Waals surface area contributed by atoms with Crippen molar-refractivity contribution in [1.82, 2.24) is 9.97 Å². The summed E-state index contributed by atoms with van der Waals surface area (Å²) in [6, 6.07) is 19.6. The van der Waals surface area contributed by atoms with Gasteiger partial charge in [-0.15, -0.1) is 11.3 Å². The van der Waals surface area contributed by atoms with Gasteiger partial charge in [0, 0.05) is 22.7 Å². The van der Waals surface area contributed by atoms with Crippen molar-refractivity contribution in [1.29, 1.82) is 0 Å². The maximum absolute atomic E-state index is 12.4. The van der Waals surface area contributed by atoms with Crippen molar-refractivity contribution in [3.63, 3.8) is 0 Å². The molecule has 0 saturated carbocycles. The zero-order chi connectivity index (χ0) is 20.1. The molecule has 2 N–H and O–H groups in total. The molecule has 2 aromatic carbocycles. The lowest BCUT2D eigenvalue weighted by atomic mass is 10.0. The van der Waals surface area contributed by atoms with Crippen LogP contribution in [0.4, 0.5) is 5.13 Å². The van der Waals surface area contributed by atoms with Gasteiger partial charge in [-0.3, -0.25) is 14.9 Å². The summed E-state index contributed by atoms with van der Waals surface area (Å²) in [5.41, 5.74) is 2.85. The number of H-pyrrole nitrogens is 1. The van der Waals surface area contributed by atoms with E-state index in [0.717, 1.165) is 11.4 Å². The lowest BCUT2D eigenvalue weighted by Crippen LogP contribution is -2.20. The average molecular weight is 403 g/mol. The Balaban J connectivity index is 1.31. The third-order valence-corrected chi connectivity index (χ3v) is 4.90. The fourth-order valence-corrected chi connectivity index (χ4v) is 3.43.